The Bertz CT molecular complexity index is 663. The van der Waals surface area contributed by atoms with Crippen molar-refractivity contribution in [1.82, 2.24) is 15.5 Å². The highest BCUT2D eigenvalue weighted by molar-refractivity contribution is 5.88. The van der Waals surface area contributed by atoms with E-state index < -0.39 is 23.9 Å². The predicted molar refractivity (Wildman–Crippen MR) is 101 cm³/mol. The molecule has 0 unspecified atom stereocenters. The van der Waals surface area contributed by atoms with E-state index in [1.54, 1.807) is 0 Å². The quantitative estimate of drug-likeness (QED) is 0.565. The Morgan fingerprint density at radius 3 is 2.32 bits per heavy atom. The number of carbonyl (C=O) groups is 4. The molecule has 0 bridgehead atoms. The lowest BCUT2D eigenvalue weighted by Crippen LogP contribution is -2.47. The Morgan fingerprint density at radius 1 is 1.04 bits per heavy atom. The van der Waals surface area contributed by atoms with Gasteiger partial charge in [-0.25, -0.2) is 4.79 Å². The van der Waals surface area contributed by atoms with Crippen molar-refractivity contribution in [3.63, 3.8) is 0 Å². The lowest BCUT2D eigenvalue weighted by Gasteiger charge is -2.24. The smallest absolute Gasteiger partial charge is 0.407 e. The molecule has 2 N–H and O–H groups in total. The number of rotatable bonds is 10. The van der Waals surface area contributed by atoms with Crippen LogP contribution in [0.5, 0.6) is 0 Å². The molecule has 28 heavy (non-hydrogen) atoms. The van der Waals surface area contributed by atoms with Crippen LogP contribution in [0.1, 0.15) is 19.4 Å². The van der Waals surface area contributed by atoms with Gasteiger partial charge in [0, 0.05) is 6.54 Å². The van der Waals surface area contributed by atoms with Gasteiger partial charge in [0.2, 0.25) is 11.8 Å². The maximum Gasteiger partial charge on any atom is 0.407 e. The van der Waals surface area contributed by atoms with Gasteiger partial charge >= 0.3 is 12.1 Å². The van der Waals surface area contributed by atoms with Gasteiger partial charge < -0.3 is 25.0 Å². The fourth-order valence-electron chi connectivity index (χ4n) is 2.20. The minimum Gasteiger partial charge on any atom is -0.468 e. The summed E-state index contributed by atoms with van der Waals surface area (Å²) in [7, 11) is 1.21. The van der Waals surface area contributed by atoms with E-state index in [0.717, 1.165) is 5.56 Å². The van der Waals surface area contributed by atoms with Crippen molar-refractivity contribution < 1.29 is 28.7 Å². The number of methoxy groups -OCH3 is 1. The average molecular weight is 393 g/mol. The summed E-state index contributed by atoms with van der Waals surface area (Å²) in [5.74, 6) is -1.40. The van der Waals surface area contributed by atoms with Crippen molar-refractivity contribution in [3.8, 4) is 0 Å². The van der Waals surface area contributed by atoms with Crippen LogP contribution < -0.4 is 10.6 Å². The highest BCUT2D eigenvalue weighted by Crippen LogP contribution is 2.01. The number of alkyl carbamates (subject to hydrolysis) is 1. The molecule has 0 aliphatic heterocycles. The van der Waals surface area contributed by atoms with Crippen molar-refractivity contribution in [2.75, 3.05) is 33.3 Å². The first kappa shape index (κ1) is 22.9. The van der Waals surface area contributed by atoms with E-state index in [-0.39, 0.29) is 32.2 Å². The maximum atomic E-state index is 12.4. The van der Waals surface area contributed by atoms with Gasteiger partial charge in [0.1, 0.15) is 19.7 Å². The molecule has 1 rings (SSSR count). The molecular formula is C19H27N3O6. The van der Waals surface area contributed by atoms with Crippen molar-refractivity contribution in [2.24, 2.45) is 5.92 Å². The summed E-state index contributed by atoms with van der Waals surface area (Å²) < 4.78 is 9.49. The van der Waals surface area contributed by atoms with Crippen molar-refractivity contribution in [2.45, 2.75) is 20.5 Å². The molecule has 0 saturated heterocycles. The van der Waals surface area contributed by atoms with Gasteiger partial charge in [-0.15, -0.1) is 0 Å². The second kappa shape index (κ2) is 12.3. The first-order valence-electron chi connectivity index (χ1n) is 8.87. The fraction of sp³-hybridized carbons (Fsp3) is 0.474. The van der Waals surface area contributed by atoms with Crippen LogP contribution in [0.3, 0.4) is 0 Å². The third-order valence-electron chi connectivity index (χ3n) is 3.53. The molecule has 1 aromatic carbocycles. The minimum absolute atomic E-state index is 0.0898. The highest BCUT2D eigenvalue weighted by atomic mass is 16.5. The van der Waals surface area contributed by atoms with E-state index in [1.165, 1.54) is 12.0 Å². The topological polar surface area (TPSA) is 114 Å². The fourth-order valence-corrected chi connectivity index (χ4v) is 2.20. The second-order valence-electron chi connectivity index (χ2n) is 6.44. The number of ether oxygens (including phenoxy) is 2. The van der Waals surface area contributed by atoms with Crippen molar-refractivity contribution >= 4 is 23.9 Å². The van der Waals surface area contributed by atoms with Gasteiger partial charge in [0.05, 0.1) is 13.7 Å². The first-order valence-corrected chi connectivity index (χ1v) is 8.87. The molecule has 3 amide bonds. The second-order valence-corrected chi connectivity index (χ2v) is 6.44. The van der Waals surface area contributed by atoms with E-state index in [9.17, 15) is 19.2 Å². The molecule has 0 aliphatic rings. The summed E-state index contributed by atoms with van der Waals surface area (Å²) in [4.78, 5) is 48.5. The van der Waals surface area contributed by atoms with Crippen LogP contribution in [0.4, 0.5) is 4.79 Å². The Morgan fingerprint density at radius 2 is 1.71 bits per heavy atom. The summed E-state index contributed by atoms with van der Waals surface area (Å²) >= 11 is 0. The summed E-state index contributed by atoms with van der Waals surface area (Å²) in [6.45, 7) is 3.41. The lowest BCUT2D eigenvalue weighted by atomic mass is 10.2. The van der Waals surface area contributed by atoms with E-state index in [2.05, 4.69) is 15.4 Å². The number of nitrogens with zero attached hydrogens (tertiary/aromatic N) is 1. The van der Waals surface area contributed by atoms with Gasteiger partial charge in [0.25, 0.3) is 0 Å². The highest BCUT2D eigenvalue weighted by Gasteiger charge is 2.19. The first-order chi connectivity index (χ1) is 13.3. The molecule has 0 aromatic heterocycles. The van der Waals surface area contributed by atoms with Crippen molar-refractivity contribution in [1.29, 1.82) is 0 Å². The number of nitrogens with one attached hydrogen (secondary N) is 2. The monoisotopic (exact) mass is 393 g/mol. The molecule has 1 aromatic rings. The Balaban J connectivity index is 2.46. The van der Waals surface area contributed by atoms with Crippen LogP contribution in [0.15, 0.2) is 30.3 Å². The van der Waals surface area contributed by atoms with Crippen LogP contribution in [-0.4, -0.2) is 62.1 Å². The van der Waals surface area contributed by atoms with Crippen LogP contribution in [0.25, 0.3) is 0 Å². The van der Waals surface area contributed by atoms with E-state index in [0.29, 0.717) is 6.54 Å². The van der Waals surface area contributed by atoms with E-state index >= 15 is 0 Å². The van der Waals surface area contributed by atoms with E-state index in [1.807, 2.05) is 44.2 Å². The zero-order valence-corrected chi connectivity index (χ0v) is 16.4. The standard InChI is InChI=1S/C19H27N3O6/c1-14(2)11-22(12-16(23)20-10-18(25)27-3)17(24)9-21-19(26)28-13-15-7-5-4-6-8-15/h4-8,14H,9-13H2,1-3H3,(H,20,23)(H,21,26). The zero-order valence-electron chi connectivity index (χ0n) is 16.4. The Labute approximate surface area is 164 Å². The van der Waals surface area contributed by atoms with Gasteiger partial charge in [-0.05, 0) is 11.5 Å². The Hall–Kier alpha value is -3.10. The molecule has 0 atom stereocenters. The number of esters is 1. The molecule has 0 saturated carbocycles. The molecule has 154 valence electrons. The molecule has 0 spiro atoms. The largest absolute Gasteiger partial charge is 0.468 e. The third-order valence-corrected chi connectivity index (χ3v) is 3.53. The number of hydrogen-bond acceptors (Lipinski definition) is 6. The molecule has 0 heterocycles. The summed E-state index contributed by atoms with van der Waals surface area (Å²) in [6.07, 6.45) is -0.725. The van der Waals surface area contributed by atoms with Crippen LogP contribution >= 0.6 is 0 Å². The van der Waals surface area contributed by atoms with Crippen molar-refractivity contribution in [3.05, 3.63) is 35.9 Å². The lowest BCUT2D eigenvalue weighted by molar-refractivity contribution is -0.141. The molecule has 9 heteroatoms. The predicted octanol–water partition coefficient (Wildman–Crippen LogP) is 0.687. The summed E-state index contributed by atoms with van der Waals surface area (Å²) in [5, 5.41) is 4.76. The number of amides is 3. The zero-order chi connectivity index (χ0) is 20.9. The van der Waals surface area contributed by atoms with Gasteiger partial charge in [-0.3, -0.25) is 14.4 Å². The SMILES string of the molecule is COC(=O)CNC(=O)CN(CC(C)C)C(=O)CNC(=O)OCc1ccccc1. The minimum atomic E-state index is -0.725. The molecule has 9 nitrogen and oxygen atoms in total. The summed E-state index contributed by atoms with van der Waals surface area (Å²) in [6, 6.07) is 9.14. The molecular weight excluding hydrogens is 366 g/mol. The van der Waals surface area contributed by atoms with Crippen LogP contribution in [-0.2, 0) is 30.5 Å². The average Bonchev–Trinajstić information content (AvgIpc) is 2.68. The molecule has 0 fully saturated rings. The van der Waals surface area contributed by atoms with Crippen LogP contribution in [0.2, 0.25) is 0 Å². The molecule has 0 aliphatic carbocycles. The number of benzene rings is 1. The van der Waals surface area contributed by atoms with Gasteiger partial charge in [-0.2, -0.15) is 0 Å². The van der Waals surface area contributed by atoms with Gasteiger partial charge in [-0.1, -0.05) is 44.2 Å². The normalized spacial score (nSPS) is 10.1. The third kappa shape index (κ3) is 9.56. The summed E-state index contributed by atoms with van der Waals surface area (Å²) in [5.41, 5.74) is 0.827. The molecule has 0 radical (unpaired) electrons. The number of hydrogen-bond donors (Lipinski definition) is 2. The number of carbonyl (C=O) groups excluding carboxylic acids is 4. The van der Waals surface area contributed by atoms with Gasteiger partial charge in [0.15, 0.2) is 0 Å². The maximum absolute atomic E-state index is 12.4. The van der Waals surface area contributed by atoms with E-state index in [4.69, 9.17) is 4.74 Å². The Kier molecular flexibility index (Phi) is 10.1. The van der Waals surface area contributed by atoms with Crippen LogP contribution in [0, 0.1) is 5.92 Å².